The van der Waals surface area contributed by atoms with E-state index in [1.165, 1.54) is 0 Å². The molecule has 2 rings (SSSR count). The van der Waals surface area contributed by atoms with Crippen LogP contribution in [0.4, 0.5) is 26.3 Å². The van der Waals surface area contributed by atoms with Crippen LogP contribution in [-0.2, 0) is 0 Å². The van der Waals surface area contributed by atoms with Gasteiger partial charge in [-0.25, -0.2) is 13.2 Å². The van der Waals surface area contributed by atoms with Crippen molar-refractivity contribution in [3.8, 4) is 0 Å². The predicted octanol–water partition coefficient (Wildman–Crippen LogP) is 2.61. The highest BCUT2D eigenvalue weighted by molar-refractivity contribution is 5.24. The molecule has 0 saturated carbocycles. The third kappa shape index (κ3) is 3.06. The Labute approximate surface area is 111 Å². The second kappa shape index (κ2) is 5.61. The number of piperazine rings is 1. The molecule has 0 radical (unpaired) electrons. The first-order valence-electron chi connectivity index (χ1n) is 5.96. The van der Waals surface area contributed by atoms with Crippen molar-refractivity contribution in [3.05, 3.63) is 35.1 Å². The first-order chi connectivity index (χ1) is 9.30. The van der Waals surface area contributed by atoms with Crippen LogP contribution in [0, 0.1) is 17.5 Å². The molecule has 0 aromatic heterocycles. The van der Waals surface area contributed by atoms with E-state index in [1.807, 2.05) is 0 Å². The molecule has 1 saturated heterocycles. The zero-order valence-electron chi connectivity index (χ0n) is 10.3. The molecule has 0 amide bonds. The second-order valence-electron chi connectivity index (χ2n) is 4.53. The van der Waals surface area contributed by atoms with Crippen molar-refractivity contribution >= 4 is 0 Å². The van der Waals surface area contributed by atoms with Crippen LogP contribution in [0.3, 0.4) is 0 Å². The molecular weight excluding hydrogens is 286 g/mol. The molecule has 0 spiro atoms. The Bertz CT molecular complexity index is 458. The van der Waals surface area contributed by atoms with E-state index < -0.39 is 35.2 Å². The Morgan fingerprint density at radius 2 is 1.50 bits per heavy atom. The molecule has 1 fully saturated rings. The Morgan fingerprint density at radius 3 is 1.95 bits per heavy atom. The highest BCUT2D eigenvalue weighted by atomic mass is 19.4. The summed E-state index contributed by atoms with van der Waals surface area (Å²) in [6, 6.07) is -1.34. The highest BCUT2D eigenvalue weighted by Crippen LogP contribution is 2.38. The predicted molar refractivity (Wildman–Crippen MR) is 59.6 cm³/mol. The maximum Gasteiger partial charge on any atom is 0.408 e. The van der Waals surface area contributed by atoms with Crippen LogP contribution in [0.2, 0.25) is 0 Å². The van der Waals surface area contributed by atoms with E-state index >= 15 is 0 Å². The zero-order chi connectivity index (χ0) is 14.9. The quantitative estimate of drug-likeness (QED) is 0.667. The number of benzene rings is 1. The summed E-state index contributed by atoms with van der Waals surface area (Å²) in [4.78, 5) is 1.07. The molecule has 20 heavy (non-hydrogen) atoms. The van der Waals surface area contributed by atoms with Crippen LogP contribution in [0.15, 0.2) is 12.1 Å². The van der Waals surface area contributed by atoms with Gasteiger partial charge in [0.15, 0.2) is 17.5 Å². The fraction of sp³-hybridized carbons (Fsp3) is 0.500. The molecule has 0 aliphatic carbocycles. The lowest BCUT2D eigenvalue weighted by Gasteiger charge is -2.36. The van der Waals surface area contributed by atoms with Crippen LogP contribution in [0.5, 0.6) is 0 Å². The SMILES string of the molecule is Fc1cc([C@H](N2CCNCC2)C(F)(F)F)cc(F)c1F. The molecule has 1 N–H and O–H groups in total. The summed E-state index contributed by atoms with van der Waals surface area (Å²) in [6.07, 6.45) is -4.70. The van der Waals surface area contributed by atoms with Gasteiger partial charge in [0.05, 0.1) is 0 Å². The molecule has 1 aliphatic heterocycles. The summed E-state index contributed by atoms with van der Waals surface area (Å²) < 4.78 is 78.6. The van der Waals surface area contributed by atoms with Gasteiger partial charge in [0.2, 0.25) is 0 Å². The van der Waals surface area contributed by atoms with Gasteiger partial charge >= 0.3 is 6.18 Å². The van der Waals surface area contributed by atoms with Crippen molar-refractivity contribution < 1.29 is 26.3 Å². The van der Waals surface area contributed by atoms with E-state index in [9.17, 15) is 26.3 Å². The van der Waals surface area contributed by atoms with Gasteiger partial charge in [-0.3, -0.25) is 4.90 Å². The topological polar surface area (TPSA) is 15.3 Å². The number of halogens is 6. The Balaban J connectivity index is 2.41. The number of nitrogens with zero attached hydrogens (tertiary/aromatic N) is 1. The van der Waals surface area contributed by atoms with Crippen LogP contribution in [0.1, 0.15) is 11.6 Å². The number of hydrogen-bond acceptors (Lipinski definition) is 2. The number of nitrogens with one attached hydrogen (secondary N) is 1. The Hall–Kier alpha value is -1.28. The molecule has 8 heteroatoms. The first kappa shape index (κ1) is 15.1. The van der Waals surface area contributed by atoms with Gasteiger partial charge in [-0.2, -0.15) is 13.2 Å². The minimum atomic E-state index is -4.70. The van der Waals surface area contributed by atoms with E-state index in [1.54, 1.807) is 0 Å². The molecule has 0 bridgehead atoms. The summed E-state index contributed by atoms with van der Waals surface area (Å²) in [5.74, 6) is -5.01. The minimum absolute atomic E-state index is 0.0881. The lowest BCUT2D eigenvalue weighted by atomic mass is 10.0. The fourth-order valence-electron chi connectivity index (χ4n) is 2.28. The Kier molecular flexibility index (Phi) is 4.24. The minimum Gasteiger partial charge on any atom is -0.314 e. The number of alkyl halides is 3. The molecular formula is C12H12F6N2. The average molecular weight is 298 g/mol. The molecule has 1 aliphatic rings. The van der Waals surface area contributed by atoms with Crippen molar-refractivity contribution in [1.82, 2.24) is 10.2 Å². The smallest absolute Gasteiger partial charge is 0.314 e. The third-order valence-corrected chi connectivity index (χ3v) is 3.15. The van der Waals surface area contributed by atoms with Gasteiger partial charge in [0.25, 0.3) is 0 Å². The third-order valence-electron chi connectivity index (χ3n) is 3.15. The molecule has 1 atom stereocenters. The maximum atomic E-state index is 13.2. The Morgan fingerprint density at radius 1 is 1.00 bits per heavy atom. The lowest BCUT2D eigenvalue weighted by Crippen LogP contribution is -2.49. The van der Waals surface area contributed by atoms with Gasteiger partial charge in [-0.15, -0.1) is 0 Å². The summed E-state index contributed by atoms with van der Waals surface area (Å²) in [5, 5.41) is 2.89. The van der Waals surface area contributed by atoms with Crippen molar-refractivity contribution in [2.24, 2.45) is 0 Å². The van der Waals surface area contributed by atoms with Crippen LogP contribution in [0.25, 0.3) is 0 Å². The maximum absolute atomic E-state index is 13.2. The first-order valence-corrected chi connectivity index (χ1v) is 5.96. The summed E-state index contributed by atoms with van der Waals surface area (Å²) in [5.41, 5.74) is -0.629. The van der Waals surface area contributed by atoms with E-state index in [2.05, 4.69) is 5.32 Å². The van der Waals surface area contributed by atoms with Crippen molar-refractivity contribution in [1.29, 1.82) is 0 Å². The number of hydrogen-bond donors (Lipinski definition) is 1. The van der Waals surface area contributed by atoms with E-state index in [-0.39, 0.29) is 13.1 Å². The number of rotatable bonds is 2. The van der Waals surface area contributed by atoms with Crippen molar-refractivity contribution in [3.63, 3.8) is 0 Å². The van der Waals surface area contributed by atoms with E-state index in [0.717, 1.165) is 4.90 Å². The van der Waals surface area contributed by atoms with Crippen molar-refractivity contribution in [2.45, 2.75) is 12.2 Å². The lowest BCUT2D eigenvalue weighted by molar-refractivity contribution is -0.188. The molecule has 1 aromatic rings. The van der Waals surface area contributed by atoms with Gasteiger partial charge < -0.3 is 5.32 Å². The largest absolute Gasteiger partial charge is 0.408 e. The second-order valence-corrected chi connectivity index (χ2v) is 4.53. The van der Waals surface area contributed by atoms with Gasteiger partial charge in [0.1, 0.15) is 6.04 Å². The standard InChI is InChI=1S/C12H12F6N2/c13-8-5-7(6-9(14)10(8)15)11(12(16,17)18)20-3-1-19-2-4-20/h5-6,11,19H,1-4H2/t11-/m0/s1. The van der Waals surface area contributed by atoms with E-state index in [0.29, 0.717) is 25.2 Å². The normalized spacial score (nSPS) is 19.1. The molecule has 2 nitrogen and oxygen atoms in total. The van der Waals surface area contributed by atoms with Gasteiger partial charge in [-0.1, -0.05) is 0 Å². The molecule has 1 aromatic carbocycles. The summed E-state index contributed by atoms with van der Waals surface area (Å²) >= 11 is 0. The summed E-state index contributed by atoms with van der Waals surface area (Å²) in [6.45, 7) is 0.868. The van der Waals surface area contributed by atoms with Crippen LogP contribution in [-0.4, -0.2) is 37.3 Å². The fourth-order valence-corrected chi connectivity index (χ4v) is 2.28. The van der Waals surface area contributed by atoms with E-state index in [4.69, 9.17) is 0 Å². The van der Waals surface area contributed by atoms with Crippen molar-refractivity contribution in [2.75, 3.05) is 26.2 Å². The highest BCUT2D eigenvalue weighted by Gasteiger charge is 2.45. The van der Waals surface area contributed by atoms with Gasteiger partial charge in [0, 0.05) is 26.2 Å². The molecule has 1 heterocycles. The monoisotopic (exact) mass is 298 g/mol. The van der Waals surface area contributed by atoms with Gasteiger partial charge in [-0.05, 0) is 17.7 Å². The average Bonchev–Trinajstić information content (AvgIpc) is 2.35. The summed E-state index contributed by atoms with van der Waals surface area (Å²) in [7, 11) is 0. The molecule has 112 valence electrons. The zero-order valence-corrected chi connectivity index (χ0v) is 10.3. The van der Waals surface area contributed by atoms with Crippen LogP contribution < -0.4 is 5.32 Å². The molecule has 0 unspecified atom stereocenters. The van der Waals surface area contributed by atoms with Crippen LogP contribution >= 0.6 is 0 Å².